The second-order valence-corrected chi connectivity index (χ2v) is 17.9. The molecule has 174 valence electrons. The highest BCUT2D eigenvalue weighted by molar-refractivity contribution is 8.17. The van der Waals surface area contributed by atoms with Crippen molar-refractivity contribution in [2.75, 3.05) is 0 Å². The molecule has 32 heavy (non-hydrogen) atoms. The van der Waals surface area contributed by atoms with E-state index in [4.69, 9.17) is 4.43 Å². The van der Waals surface area contributed by atoms with Crippen LogP contribution < -0.4 is 0 Å². The van der Waals surface area contributed by atoms with Crippen molar-refractivity contribution in [3.05, 3.63) is 72.8 Å². The molecule has 0 aromatic heterocycles. The molecular weight excluding hydrogens is 445 g/mol. The molecule has 0 unspecified atom stereocenters. The molecule has 1 saturated carbocycles. The molecule has 4 heteroatoms. The fourth-order valence-corrected chi connectivity index (χ4v) is 9.30. The lowest BCUT2D eigenvalue weighted by molar-refractivity contribution is -0.0560. The van der Waals surface area contributed by atoms with Gasteiger partial charge in [0.15, 0.2) is 8.32 Å². The van der Waals surface area contributed by atoms with Gasteiger partial charge in [0.25, 0.3) is 0 Å². The minimum atomic E-state index is -1.72. The van der Waals surface area contributed by atoms with Crippen molar-refractivity contribution in [2.45, 2.75) is 86.1 Å². The number of rotatable bonds is 9. The van der Waals surface area contributed by atoms with Gasteiger partial charge in [0.1, 0.15) is 0 Å². The van der Waals surface area contributed by atoms with E-state index in [0.717, 1.165) is 12.8 Å². The maximum atomic E-state index is 7.09. The highest BCUT2D eigenvalue weighted by Crippen LogP contribution is 2.54. The molecule has 1 aliphatic carbocycles. The molecule has 0 N–H and O–H groups in total. The molecule has 2 aromatic carbocycles. The first-order valence-corrected chi connectivity index (χ1v) is 17.1. The number of benzene rings is 2. The number of allylic oxidation sites excluding steroid dienone is 1. The molecule has 1 aliphatic rings. The van der Waals surface area contributed by atoms with Crippen LogP contribution in [0, 0.1) is 11.3 Å². The van der Waals surface area contributed by atoms with E-state index in [2.05, 4.69) is 113 Å². The van der Waals surface area contributed by atoms with Gasteiger partial charge in [-0.05, 0) is 87.8 Å². The van der Waals surface area contributed by atoms with Crippen LogP contribution in [-0.4, -0.2) is 18.5 Å². The normalized spacial score (nSPS) is 23.7. The fraction of sp³-hybridized carbons (Fsp3) is 0.500. The Balaban J connectivity index is 1.96. The summed E-state index contributed by atoms with van der Waals surface area (Å²) in [6.07, 6.45) is 9.41. The standard InChI is InChI=1S/C28H40OS2Si/c1-7-19-28(29-32(4,5)6)21-14-20-27(2,3)25(28)22-26(30-23-15-10-8-11-16-23)31-24-17-12-9-13-18-24/h7-13,15-19,25-26H,14,20-22H2,1-6H3/b19-7+/t25-,28+/m0/s1. The zero-order chi connectivity index (χ0) is 23.2. The third kappa shape index (κ3) is 7.03. The van der Waals surface area contributed by atoms with E-state index in [1.54, 1.807) is 0 Å². The number of hydrogen-bond acceptors (Lipinski definition) is 3. The van der Waals surface area contributed by atoms with Crippen molar-refractivity contribution in [2.24, 2.45) is 11.3 Å². The largest absolute Gasteiger partial charge is 0.408 e. The Labute approximate surface area is 205 Å². The van der Waals surface area contributed by atoms with Crippen LogP contribution in [0.25, 0.3) is 0 Å². The molecule has 0 radical (unpaired) electrons. The monoisotopic (exact) mass is 484 g/mol. The molecule has 3 rings (SSSR count). The zero-order valence-electron chi connectivity index (χ0n) is 20.6. The summed E-state index contributed by atoms with van der Waals surface area (Å²) in [6, 6.07) is 21.8. The van der Waals surface area contributed by atoms with E-state index in [-0.39, 0.29) is 11.0 Å². The smallest absolute Gasteiger partial charge is 0.184 e. The minimum Gasteiger partial charge on any atom is -0.408 e. The topological polar surface area (TPSA) is 9.23 Å². The summed E-state index contributed by atoms with van der Waals surface area (Å²) >= 11 is 4.02. The SMILES string of the molecule is C/C=C/[C@@]1(O[Si](C)(C)C)CCCC(C)(C)[C@@H]1CC(Sc1ccccc1)Sc1ccccc1. The molecule has 0 spiro atoms. The van der Waals surface area contributed by atoms with Crippen molar-refractivity contribution in [1.29, 1.82) is 0 Å². The summed E-state index contributed by atoms with van der Waals surface area (Å²) in [5.74, 6) is 0.476. The van der Waals surface area contributed by atoms with Gasteiger partial charge in [-0.1, -0.05) is 62.4 Å². The minimum absolute atomic E-state index is 0.159. The van der Waals surface area contributed by atoms with Gasteiger partial charge in [-0.25, -0.2) is 0 Å². The number of hydrogen-bond donors (Lipinski definition) is 0. The molecule has 1 fully saturated rings. The number of thioether (sulfide) groups is 2. The third-order valence-electron chi connectivity index (χ3n) is 6.32. The van der Waals surface area contributed by atoms with E-state index in [0.29, 0.717) is 10.5 Å². The molecule has 2 atom stereocenters. The lowest BCUT2D eigenvalue weighted by Crippen LogP contribution is -2.54. The maximum Gasteiger partial charge on any atom is 0.184 e. The van der Waals surface area contributed by atoms with Crippen molar-refractivity contribution in [3.63, 3.8) is 0 Å². The van der Waals surface area contributed by atoms with Gasteiger partial charge >= 0.3 is 0 Å². The molecule has 0 saturated heterocycles. The van der Waals surface area contributed by atoms with Crippen LogP contribution in [0.1, 0.15) is 46.5 Å². The second kappa shape index (κ2) is 11.0. The van der Waals surface area contributed by atoms with Crippen LogP contribution >= 0.6 is 23.5 Å². The van der Waals surface area contributed by atoms with Crippen molar-refractivity contribution in [3.8, 4) is 0 Å². The van der Waals surface area contributed by atoms with Gasteiger partial charge < -0.3 is 4.43 Å². The lowest BCUT2D eigenvalue weighted by atomic mass is 9.60. The Morgan fingerprint density at radius 1 is 0.938 bits per heavy atom. The lowest BCUT2D eigenvalue weighted by Gasteiger charge is -2.54. The second-order valence-electron chi connectivity index (χ2n) is 10.6. The van der Waals surface area contributed by atoms with Crippen LogP contribution in [0.4, 0.5) is 0 Å². The van der Waals surface area contributed by atoms with E-state index in [9.17, 15) is 0 Å². The van der Waals surface area contributed by atoms with E-state index in [1.165, 1.54) is 22.6 Å². The molecule has 0 bridgehead atoms. The predicted octanol–water partition coefficient (Wildman–Crippen LogP) is 9.28. The van der Waals surface area contributed by atoms with Crippen LogP contribution in [0.2, 0.25) is 19.6 Å². The highest BCUT2D eigenvalue weighted by Gasteiger charge is 2.51. The zero-order valence-corrected chi connectivity index (χ0v) is 23.3. The van der Waals surface area contributed by atoms with Gasteiger partial charge in [-0.2, -0.15) is 0 Å². The van der Waals surface area contributed by atoms with Crippen LogP contribution in [0.15, 0.2) is 82.6 Å². The summed E-state index contributed by atoms with van der Waals surface area (Å²) < 4.78 is 7.52. The highest BCUT2D eigenvalue weighted by atomic mass is 32.2. The Hall–Kier alpha value is -0.943. The molecule has 1 nitrogen and oxygen atoms in total. The summed E-state index contributed by atoms with van der Waals surface area (Å²) in [5.41, 5.74) is 0.0812. The van der Waals surface area contributed by atoms with E-state index < -0.39 is 8.32 Å². The first kappa shape index (κ1) is 25.7. The van der Waals surface area contributed by atoms with E-state index >= 15 is 0 Å². The van der Waals surface area contributed by atoms with Crippen molar-refractivity contribution < 1.29 is 4.43 Å². The molecule has 0 amide bonds. The Morgan fingerprint density at radius 2 is 1.47 bits per heavy atom. The molecule has 0 heterocycles. The Bertz CT molecular complexity index is 819. The van der Waals surface area contributed by atoms with Gasteiger partial charge in [-0.15, -0.1) is 23.5 Å². The summed E-state index contributed by atoms with van der Waals surface area (Å²) in [7, 11) is -1.72. The fourth-order valence-electron chi connectivity index (χ4n) is 5.17. The summed E-state index contributed by atoms with van der Waals surface area (Å²) in [5, 5.41) is 0. The predicted molar refractivity (Wildman–Crippen MR) is 146 cm³/mol. The Kier molecular flexibility index (Phi) is 8.82. The van der Waals surface area contributed by atoms with Gasteiger partial charge in [0.05, 0.1) is 10.2 Å². The third-order valence-corrected chi connectivity index (χ3v) is 9.89. The van der Waals surface area contributed by atoms with Crippen LogP contribution in [-0.2, 0) is 4.43 Å². The van der Waals surface area contributed by atoms with Crippen molar-refractivity contribution >= 4 is 31.8 Å². The maximum absolute atomic E-state index is 7.09. The average molecular weight is 485 g/mol. The van der Waals surface area contributed by atoms with Gasteiger partial charge in [0.2, 0.25) is 0 Å². The summed E-state index contributed by atoms with van der Waals surface area (Å²) in [4.78, 5) is 2.69. The van der Waals surface area contributed by atoms with Gasteiger partial charge in [0, 0.05) is 9.79 Å². The average Bonchev–Trinajstić information content (AvgIpc) is 2.71. The van der Waals surface area contributed by atoms with E-state index in [1.807, 2.05) is 23.5 Å². The molecular formula is C28H40OS2Si. The van der Waals surface area contributed by atoms with Crippen LogP contribution in [0.3, 0.4) is 0 Å². The summed E-state index contributed by atoms with van der Waals surface area (Å²) in [6.45, 7) is 14.1. The van der Waals surface area contributed by atoms with Crippen LogP contribution in [0.5, 0.6) is 0 Å². The molecule has 2 aromatic rings. The van der Waals surface area contributed by atoms with Gasteiger partial charge in [-0.3, -0.25) is 0 Å². The first-order valence-electron chi connectivity index (χ1n) is 11.9. The molecule has 0 aliphatic heterocycles. The Morgan fingerprint density at radius 3 is 1.94 bits per heavy atom. The van der Waals surface area contributed by atoms with Crippen molar-refractivity contribution in [1.82, 2.24) is 0 Å². The quantitative estimate of drug-likeness (QED) is 0.152. The first-order chi connectivity index (χ1) is 15.1.